The number of imide groups is 1. The molecule has 0 radical (unpaired) electrons. The first-order valence-electron chi connectivity index (χ1n) is 11.5. The largest absolute Gasteiger partial charge is 0.384 e. The number of carbonyl (C=O) groups is 3. The third kappa shape index (κ3) is 4.98. The second-order valence-electron chi connectivity index (χ2n) is 8.48. The van der Waals surface area contributed by atoms with Crippen molar-refractivity contribution in [2.75, 3.05) is 17.7 Å². The van der Waals surface area contributed by atoms with Gasteiger partial charge in [-0.25, -0.2) is 9.78 Å². The summed E-state index contributed by atoms with van der Waals surface area (Å²) in [5.74, 6) is -1.11. The van der Waals surface area contributed by atoms with E-state index in [-0.39, 0.29) is 18.4 Å². The zero-order chi connectivity index (χ0) is 24.9. The summed E-state index contributed by atoms with van der Waals surface area (Å²) in [5, 5.41) is 2.90. The van der Waals surface area contributed by atoms with Gasteiger partial charge in [-0.05, 0) is 54.3 Å². The molecule has 1 unspecified atom stereocenters. The topological polar surface area (TPSA) is 122 Å². The van der Waals surface area contributed by atoms with E-state index in [9.17, 15) is 14.4 Å². The van der Waals surface area contributed by atoms with E-state index < -0.39 is 23.9 Å². The summed E-state index contributed by atoms with van der Waals surface area (Å²) < 4.78 is 0. The first-order valence-corrected chi connectivity index (χ1v) is 11.5. The molecule has 1 fully saturated rings. The Balaban J connectivity index is 1.59. The number of likely N-dealkylation sites (tertiary alicyclic amines) is 1. The Hall–Kier alpha value is -4.27. The lowest BCUT2D eigenvalue weighted by Gasteiger charge is -2.46. The highest BCUT2D eigenvalue weighted by atomic mass is 16.2. The number of pyridine rings is 2. The van der Waals surface area contributed by atoms with Crippen LogP contribution in [-0.2, 0) is 16.0 Å². The van der Waals surface area contributed by atoms with Gasteiger partial charge in [-0.3, -0.25) is 19.5 Å². The van der Waals surface area contributed by atoms with Crippen LogP contribution >= 0.6 is 0 Å². The lowest BCUT2D eigenvalue weighted by molar-refractivity contribution is -0.156. The minimum atomic E-state index is -0.950. The number of nitrogen functional groups attached to an aromatic ring is 1. The van der Waals surface area contributed by atoms with Gasteiger partial charge >= 0.3 is 6.03 Å². The Bertz CT molecular complexity index is 1200. The molecule has 9 nitrogen and oxygen atoms in total. The number of nitrogens with one attached hydrogen (secondary N) is 1. The molecule has 3 N–H and O–H groups in total. The van der Waals surface area contributed by atoms with Crippen LogP contribution in [0.3, 0.4) is 0 Å². The van der Waals surface area contributed by atoms with Crippen molar-refractivity contribution < 1.29 is 14.4 Å². The fourth-order valence-corrected chi connectivity index (χ4v) is 4.33. The molecule has 1 aliphatic heterocycles. The highest BCUT2D eigenvalue weighted by Crippen LogP contribution is 2.33. The van der Waals surface area contributed by atoms with Crippen LogP contribution in [0.1, 0.15) is 30.5 Å². The third-order valence-electron chi connectivity index (χ3n) is 6.25. The van der Waals surface area contributed by atoms with Crippen LogP contribution < -0.4 is 16.0 Å². The van der Waals surface area contributed by atoms with E-state index in [0.29, 0.717) is 17.9 Å². The number of benzene rings is 1. The molecule has 3 atom stereocenters. The Morgan fingerprint density at radius 1 is 1.14 bits per heavy atom. The van der Waals surface area contributed by atoms with Crippen LogP contribution in [0, 0.1) is 5.92 Å². The first-order chi connectivity index (χ1) is 16.9. The van der Waals surface area contributed by atoms with Gasteiger partial charge in [-0.15, -0.1) is 0 Å². The summed E-state index contributed by atoms with van der Waals surface area (Å²) in [4.78, 5) is 50.7. The number of carbonyl (C=O) groups excluding carboxylic acids is 3. The number of hydrogen-bond acceptors (Lipinski definition) is 6. The fourth-order valence-electron chi connectivity index (χ4n) is 4.33. The van der Waals surface area contributed by atoms with E-state index >= 15 is 0 Å². The van der Waals surface area contributed by atoms with Gasteiger partial charge in [0.1, 0.15) is 11.9 Å². The summed E-state index contributed by atoms with van der Waals surface area (Å²) in [6.45, 7) is 1.93. The number of anilines is 2. The number of nitrogens with zero attached hydrogens (tertiary/aromatic N) is 4. The smallest absolute Gasteiger partial charge is 0.325 e. The molecule has 0 spiro atoms. The number of likely N-dealkylation sites (N-methyl/N-ethyl adjacent to an activating group) is 1. The Labute approximate surface area is 204 Å². The second kappa shape index (κ2) is 10.3. The van der Waals surface area contributed by atoms with Crippen molar-refractivity contribution in [3.63, 3.8) is 0 Å². The summed E-state index contributed by atoms with van der Waals surface area (Å²) in [6, 6.07) is 14.3. The molecule has 9 heteroatoms. The monoisotopic (exact) mass is 472 g/mol. The Morgan fingerprint density at radius 2 is 1.91 bits per heavy atom. The predicted octanol–water partition coefficient (Wildman–Crippen LogP) is 2.95. The van der Waals surface area contributed by atoms with E-state index in [4.69, 9.17) is 5.73 Å². The highest BCUT2D eigenvalue weighted by Gasteiger charge is 2.55. The van der Waals surface area contributed by atoms with Crippen molar-refractivity contribution in [1.29, 1.82) is 0 Å². The second-order valence-corrected chi connectivity index (χ2v) is 8.48. The zero-order valence-corrected chi connectivity index (χ0v) is 19.7. The van der Waals surface area contributed by atoms with E-state index in [2.05, 4.69) is 15.3 Å². The number of para-hydroxylation sites is 1. The molecule has 4 rings (SSSR count). The van der Waals surface area contributed by atoms with Gasteiger partial charge < -0.3 is 16.0 Å². The van der Waals surface area contributed by atoms with Gasteiger partial charge in [0.05, 0.1) is 12.0 Å². The number of urea groups is 1. The first kappa shape index (κ1) is 23.9. The van der Waals surface area contributed by atoms with Crippen LogP contribution in [0.5, 0.6) is 0 Å². The van der Waals surface area contributed by atoms with Gasteiger partial charge in [0.25, 0.3) is 5.91 Å². The molecule has 0 aliphatic carbocycles. The van der Waals surface area contributed by atoms with Crippen molar-refractivity contribution in [1.82, 2.24) is 20.2 Å². The maximum Gasteiger partial charge on any atom is 0.325 e. The molecule has 1 aliphatic rings. The van der Waals surface area contributed by atoms with E-state index in [1.807, 2.05) is 31.2 Å². The van der Waals surface area contributed by atoms with Crippen LogP contribution in [0.2, 0.25) is 0 Å². The van der Waals surface area contributed by atoms with Crippen molar-refractivity contribution in [3.05, 3.63) is 84.3 Å². The summed E-state index contributed by atoms with van der Waals surface area (Å²) >= 11 is 0. The number of β-lactam (4-membered cyclic amide) rings is 1. The quantitative estimate of drug-likeness (QED) is 0.510. The van der Waals surface area contributed by atoms with Crippen molar-refractivity contribution in [2.24, 2.45) is 5.92 Å². The molecule has 3 heterocycles. The summed E-state index contributed by atoms with van der Waals surface area (Å²) in [6.07, 6.45) is 5.76. The average molecular weight is 473 g/mol. The fraction of sp³-hybridized carbons (Fsp3) is 0.269. The molecule has 35 heavy (non-hydrogen) atoms. The van der Waals surface area contributed by atoms with Crippen molar-refractivity contribution in [2.45, 2.75) is 31.8 Å². The van der Waals surface area contributed by atoms with Gasteiger partial charge in [-0.1, -0.05) is 31.2 Å². The van der Waals surface area contributed by atoms with Crippen LogP contribution in [-0.4, -0.2) is 45.8 Å². The molecule has 4 amide bonds. The minimum absolute atomic E-state index is 0.272. The SMILES string of the molecule is CCC(NC(=O)N1C(=O)[C@H](Cc2ccnc(N)c2)[C@H]1C(=O)N(C)c1ccccc1)c1cccnc1. The number of hydrogen-bond donors (Lipinski definition) is 2. The highest BCUT2D eigenvalue weighted by molar-refractivity contribution is 6.12. The molecule has 1 aromatic carbocycles. The number of aromatic nitrogens is 2. The van der Waals surface area contributed by atoms with Gasteiger partial charge in [-0.2, -0.15) is 0 Å². The van der Waals surface area contributed by atoms with E-state index in [1.54, 1.807) is 56.0 Å². The van der Waals surface area contributed by atoms with Crippen molar-refractivity contribution in [3.8, 4) is 0 Å². The Kier molecular flexibility index (Phi) is 7.05. The molecule has 0 bridgehead atoms. The molecular formula is C26H28N6O3. The predicted molar refractivity (Wildman–Crippen MR) is 132 cm³/mol. The Morgan fingerprint density at radius 3 is 2.57 bits per heavy atom. The minimum Gasteiger partial charge on any atom is -0.384 e. The standard InChI is InChI=1S/C26H28N6O3/c1-3-21(18-8-7-12-28-16-18)30-26(35)32-23(25(34)31(2)19-9-5-4-6-10-19)20(24(32)33)14-17-11-13-29-22(27)15-17/h4-13,15-16,20-21,23H,3,14H2,1-2H3,(H2,27,29)(H,30,35)/t20-,21?,23+/m1/s1. The maximum atomic E-state index is 13.6. The number of nitrogens with two attached hydrogens (primary N) is 1. The number of amides is 4. The van der Waals surface area contributed by atoms with Gasteiger partial charge in [0.2, 0.25) is 5.91 Å². The molecule has 3 aromatic rings. The van der Waals surface area contributed by atoms with Crippen molar-refractivity contribution >= 4 is 29.4 Å². The lowest BCUT2D eigenvalue weighted by atomic mass is 9.81. The maximum absolute atomic E-state index is 13.6. The summed E-state index contributed by atoms with van der Waals surface area (Å²) in [5.41, 5.74) is 8.07. The molecule has 0 saturated carbocycles. The van der Waals surface area contributed by atoms with Crippen LogP contribution in [0.25, 0.3) is 0 Å². The normalized spacial score (nSPS) is 17.9. The van der Waals surface area contributed by atoms with E-state index in [1.165, 1.54) is 4.90 Å². The molecule has 180 valence electrons. The number of rotatable bonds is 7. The van der Waals surface area contributed by atoms with Crippen LogP contribution in [0.15, 0.2) is 73.2 Å². The summed E-state index contributed by atoms with van der Waals surface area (Å²) in [7, 11) is 1.64. The molecule has 2 aromatic heterocycles. The van der Waals surface area contributed by atoms with Gasteiger partial charge in [0.15, 0.2) is 0 Å². The van der Waals surface area contributed by atoms with Gasteiger partial charge in [0, 0.05) is 31.3 Å². The molecule has 1 saturated heterocycles. The average Bonchev–Trinajstić information content (AvgIpc) is 2.89. The van der Waals surface area contributed by atoms with Crippen LogP contribution in [0.4, 0.5) is 16.3 Å². The lowest BCUT2D eigenvalue weighted by Crippen LogP contribution is -2.70. The third-order valence-corrected chi connectivity index (χ3v) is 6.25. The molecular weight excluding hydrogens is 444 g/mol. The van der Waals surface area contributed by atoms with E-state index in [0.717, 1.165) is 16.0 Å². The zero-order valence-electron chi connectivity index (χ0n) is 19.7.